The molecule has 1 amide bonds. The summed E-state index contributed by atoms with van der Waals surface area (Å²) in [5.41, 5.74) is 0.868. The Bertz CT molecular complexity index is 845. The van der Waals surface area contributed by atoms with Crippen molar-refractivity contribution < 1.29 is 18.0 Å². The van der Waals surface area contributed by atoms with Crippen LogP contribution in [0.15, 0.2) is 36.5 Å². The smallest absolute Gasteiger partial charge is 0.352 e. The summed E-state index contributed by atoms with van der Waals surface area (Å²) in [6, 6.07) is 6.68. The molecule has 1 aromatic carbocycles. The van der Waals surface area contributed by atoms with E-state index in [4.69, 9.17) is 0 Å². The second kappa shape index (κ2) is 8.20. The van der Waals surface area contributed by atoms with E-state index < -0.39 is 11.7 Å². The number of pyridine rings is 1. The van der Waals surface area contributed by atoms with Crippen LogP contribution in [0.25, 0.3) is 0 Å². The standard InChI is InChI=1S/C21H24F3N3O/c1-13(2)17-10-19(27-16-8-4-7-15(9-16)21(22,23)24)25-12-18(17)20(28)26-11-14-5-3-6-14/h4,7-10,12-14H,3,5-6,11H2,1-2H3,(H,25,27)(H,26,28). The lowest BCUT2D eigenvalue weighted by Gasteiger charge is -2.25. The number of amides is 1. The maximum atomic E-state index is 12.9. The van der Waals surface area contributed by atoms with Gasteiger partial charge in [0, 0.05) is 18.4 Å². The summed E-state index contributed by atoms with van der Waals surface area (Å²) >= 11 is 0. The van der Waals surface area contributed by atoms with Gasteiger partial charge in [0.05, 0.1) is 11.1 Å². The molecule has 2 N–H and O–H groups in total. The van der Waals surface area contributed by atoms with Crippen LogP contribution in [0, 0.1) is 5.92 Å². The number of rotatable bonds is 6. The topological polar surface area (TPSA) is 54.0 Å². The second-order valence-corrected chi connectivity index (χ2v) is 7.52. The zero-order valence-corrected chi connectivity index (χ0v) is 15.9. The fourth-order valence-corrected chi connectivity index (χ4v) is 3.16. The van der Waals surface area contributed by atoms with E-state index in [1.807, 2.05) is 13.8 Å². The van der Waals surface area contributed by atoms with Gasteiger partial charge < -0.3 is 10.6 Å². The van der Waals surface area contributed by atoms with E-state index in [9.17, 15) is 18.0 Å². The monoisotopic (exact) mass is 391 g/mol. The normalized spacial score (nSPS) is 14.6. The number of nitrogens with one attached hydrogen (secondary N) is 2. The van der Waals surface area contributed by atoms with E-state index in [-0.39, 0.29) is 11.8 Å². The number of aromatic nitrogens is 1. The molecule has 0 aliphatic heterocycles. The van der Waals surface area contributed by atoms with E-state index in [2.05, 4.69) is 15.6 Å². The van der Waals surface area contributed by atoms with Crippen molar-refractivity contribution in [2.45, 2.75) is 45.2 Å². The third-order valence-corrected chi connectivity index (χ3v) is 5.04. The molecule has 0 radical (unpaired) electrons. The second-order valence-electron chi connectivity index (χ2n) is 7.52. The largest absolute Gasteiger partial charge is 0.416 e. The maximum Gasteiger partial charge on any atom is 0.416 e. The first-order valence-corrected chi connectivity index (χ1v) is 9.46. The van der Waals surface area contributed by atoms with Gasteiger partial charge in [0.2, 0.25) is 0 Å². The van der Waals surface area contributed by atoms with Gasteiger partial charge in [-0.05, 0) is 54.5 Å². The Hall–Kier alpha value is -2.57. The summed E-state index contributed by atoms with van der Waals surface area (Å²) < 4.78 is 38.7. The molecule has 28 heavy (non-hydrogen) atoms. The van der Waals surface area contributed by atoms with E-state index in [1.54, 1.807) is 12.1 Å². The first-order chi connectivity index (χ1) is 13.2. The van der Waals surface area contributed by atoms with E-state index in [0.29, 0.717) is 29.5 Å². The van der Waals surface area contributed by atoms with Crippen molar-refractivity contribution in [3.8, 4) is 0 Å². The summed E-state index contributed by atoms with van der Waals surface area (Å²) in [6.45, 7) is 4.60. The van der Waals surface area contributed by atoms with Gasteiger partial charge in [-0.1, -0.05) is 26.3 Å². The number of hydrogen-bond donors (Lipinski definition) is 2. The van der Waals surface area contributed by atoms with E-state index in [1.165, 1.54) is 18.7 Å². The summed E-state index contributed by atoms with van der Waals surface area (Å²) in [7, 11) is 0. The number of alkyl halides is 3. The molecule has 1 heterocycles. The highest BCUT2D eigenvalue weighted by Crippen LogP contribution is 2.32. The average molecular weight is 391 g/mol. The Kier molecular flexibility index (Phi) is 5.91. The van der Waals surface area contributed by atoms with Crippen molar-refractivity contribution in [3.05, 3.63) is 53.2 Å². The van der Waals surface area contributed by atoms with Crippen molar-refractivity contribution in [1.82, 2.24) is 10.3 Å². The molecule has 0 unspecified atom stereocenters. The minimum Gasteiger partial charge on any atom is -0.352 e. The van der Waals surface area contributed by atoms with Gasteiger partial charge in [0.1, 0.15) is 5.82 Å². The molecular weight excluding hydrogens is 367 g/mol. The maximum absolute atomic E-state index is 12.9. The van der Waals surface area contributed by atoms with Gasteiger partial charge in [0.25, 0.3) is 5.91 Å². The summed E-state index contributed by atoms with van der Waals surface area (Å²) in [5.74, 6) is 0.864. The SMILES string of the molecule is CC(C)c1cc(Nc2cccc(C(F)(F)F)c2)ncc1C(=O)NCC1CCC1. The van der Waals surface area contributed by atoms with E-state index >= 15 is 0 Å². The average Bonchev–Trinajstić information content (AvgIpc) is 2.59. The van der Waals surface area contributed by atoms with Gasteiger partial charge in [-0.2, -0.15) is 13.2 Å². The molecule has 0 bridgehead atoms. The molecular formula is C21H24F3N3O. The number of carbonyl (C=O) groups excluding carboxylic acids is 1. The third kappa shape index (κ3) is 4.82. The summed E-state index contributed by atoms with van der Waals surface area (Å²) in [5, 5.41) is 5.87. The Morgan fingerprint density at radius 3 is 2.61 bits per heavy atom. The van der Waals surface area contributed by atoms with Gasteiger partial charge in [0.15, 0.2) is 0 Å². The molecule has 0 spiro atoms. The van der Waals surface area contributed by atoms with Crippen LogP contribution >= 0.6 is 0 Å². The van der Waals surface area contributed by atoms with Gasteiger partial charge >= 0.3 is 6.18 Å². The number of nitrogens with zero attached hydrogens (tertiary/aromatic N) is 1. The zero-order valence-electron chi connectivity index (χ0n) is 15.9. The molecule has 7 heteroatoms. The Morgan fingerprint density at radius 2 is 2.00 bits per heavy atom. The van der Waals surface area contributed by atoms with Gasteiger partial charge in [-0.3, -0.25) is 4.79 Å². The van der Waals surface area contributed by atoms with Crippen molar-refractivity contribution >= 4 is 17.4 Å². The lowest BCUT2D eigenvalue weighted by atomic mass is 9.85. The highest BCUT2D eigenvalue weighted by atomic mass is 19.4. The molecule has 0 atom stereocenters. The molecule has 1 fully saturated rings. The molecule has 1 saturated carbocycles. The molecule has 4 nitrogen and oxygen atoms in total. The number of carbonyl (C=O) groups is 1. The summed E-state index contributed by atoms with van der Waals surface area (Å²) in [4.78, 5) is 16.8. The zero-order chi connectivity index (χ0) is 20.3. The van der Waals surface area contributed by atoms with Gasteiger partial charge in [-0.15, -0.1) is 0 Å². The number of halogens is 3. The summed E-state index contributed by atoms with van der Waals surface area (Å²) in [6.07, 6.45) is 0.595. The van der Waals surface area contributed by atoms with Crippen LogP contribution < -0.4 is 10.6 Å². The lowest BCUT2D eigenvalue weighted by Crippen LogP contribution is -2.32. The van der Waals surface area contributed by atoms with Crippen LogP contribution in [0.2, 0.25) is 0 Å². The van der Waals surface area contributed by atoms with Crippen LogP contribution in [0.5, 0.6) is 0 Å². The van der Waals surface area contributed by atoms with Crippen LogP contribution in [0.3, 0.4) is 0 Å². The fraction of sp³-hybridized carbons (Fsp3) is 0.429. The third-order valence-electron chi connectivity index (χ3n) is 5.04. The molecule has 2 aromatic rings. The number of hydrogen-bond acceptors (Lipinski definition) is 3. The highest BCUT2D eigenvalue weighted by molar-refractivity contribution is 5.95. The lowest BCUT2D eigenvalue weighted by molar-refractivity contribution is -0.137. The quantitative estimate of drug-likeness (QED) is 0.684. The Morgan fingerprint density at radius 1 is 1.25 bits per heavy atom. The minimum atomic E-state index is -4.41. The first kappa shape index (κ1) is 20.2. The molecule has 0 saturated heterocycles. The van der Waals surface area contributed by atoms with Crippen molar-refractivity contribution in [2.24, 2.45) is 5.92 Å². The molecule has 1 aliphatic rings. The first-order valence-electron chi connectivity index (χ1n) is 9.46. The number of anilines is 2. The fourth-order valence-electron chi connectivity index (χ4n) is 3.16. The molecule has 1 aliphatic carbocycles. The molecule has 150 valence electrons. The van der Waals surface area contributed by atoms with Crippen molar-refractivity contribution in [1.29, 1.82) is 0 Å². The Balaban J connectivity index is 1.77. The minimum absolute atomic E-state index is 0.0644. The van der Waals surface area contributed by atoms with Gasteiger partial charge in [-0.25, -0.2) is 4.98 Å². The molecule has 1 aromatic heterocycles. The van der Waals surface area contributed by atoms with Crippen molar-refractivity contribution in [3.63, 3.8) is 0 Å². The number of benzene rings is 1. The van der Waals surface area contributed by atoms with Crippen LogP contribution in [-0.2, 0) is 6.18 Å². The van der Waals surface area contributed by atoms with Crippen molar-refractivity contribution in [2.75, 3.05) is 11.9 Å². The van der Waals surface area contributed by atoms with Crippen LogP contribution in [-0.4, -0.2) is 17.4 Å². The van der Waals surface area contributed by atoms with Crippen LogP contribution in [0.1, 0.15) is 60.5 Å². The predicted molar refractivity (Wildman–Crippen MR) is 103 cm³/mol. The Labute approximate surface area is 162 Å². The van der Waals surface area contributed by atoms with Crippen LogP contribution in [0.4, 0.5) is 24.7 Å². The molecule has 3 rings (SSSR count). The van der Waals surface area contributed by atoms with E-state index in [0.717, 1.165) is 30.5 Å². The highest BCUT2D eigenvalue weighted by Gasteiger charge is 2.30. The predicted octanol–water partition coefficient (Wildman–Crippen LogP) is 5.50.